The summed E-state index contributed by atoms with van der Waals surface area (Å²) in [5, 5.41) is 25.5. The number of carbonyl (C=O) groups is 3. The van der Waals surface area contributed by atoms with Gasteiger partial charge in [-0.1, -0.05) is 0 Å². The number of rotatable bonds is 7. The van der Waals surface area contributed by atoms with Crippen LogP contribution in [-0.4, -0.2) is 130 Å². The van der Waals surface area contributed by atoms with Crippen molar-refractivity contribution in [1.29, 1.82) is 0 Å². The number of halogens is 1. The number of carboxylic acids is 3. The molecule has 0 aromatic rings. The number of hydrogen-bond acceptors (Lipinski definition) is 5. The second-order valence-electron chi connectivity index (χ2n) is 3.02. The van der Waals surface area contributed by atoms with Crippen LogP contribution < -0.4 is 0 Å². The summed E-state index contributed by atoms with van der Waals surface area (Å²) in [6.07, 6.45) is -2.81. The number of hydrogen-bond donors (Lipinski definition) is 5. The molecule has 0 aliphatic heterocycles. The van der Waals surface area contributed by atoms with Gasteiger partial charge in [0.1, 0.15) is 0 Å². The van der Waals surface area contributed by atoms with Crippen LogP contribution in [0.1, 0.15) is 12.8 Å². The number of aliphatic carboxylic acids is 3. The number of phosphoric acid groups is 1. The summed E-state index contributed by atoms with van der Waals surface area (Å²) in [6.45, 7) is 0. The molecule has 0 aromatic carbocycles. The molecule has 0 fully saturated rings. The first kappa shape index (κ1) is 29.5. The van der Waals surface area contributed by atoms with Crippen LogP contribution in [0.2, 0.25) is 0 Å². The van der Waals surface area contributed by atoms with Gasteiger partial charge in [-0.2, -0.15) is 0 Å². The Kier molecular flexibility index (Phi) is 17.6. The van der Waals surface area contributed by atoms with Crippen LogP contribution in [-0.2, 0) is 23.5 Å². The van der Waals surface area contributed by atoms with Gasteiger partial charge in [-0.3, -0.25) is 14.1 Å². The molecule has 0 saturated carbocycles. The molecule has 0 aliphatic rings. The van der Waals surface area contributed by atoms with E-state index in [0.717, 1.165) is 0 Å². The van der Waals surface area contributed by atoms with Gasteiger partial charge >= 0.3 is 107 Å². The Morgan fingerprint density at radius 2 is 1.30 bits per heavy atom. The summed E-state index contributed by atoms with van der Waals surface area (Å²) in [6, 6.07) is 0. The van der Waals surface area contributed by atoms with E-state index in [-0.39, 0.29) is 93.3 Å². The third-order valence-electron chi connectivity index (χ3n) is 1.56. The summed E-state index contributed by atoms with van der Waals surface area (Å²) in [4.78, 5) is 48.5. The number of carboxylic acid groups (broad SMARTS) is 3. The number of phosphoric ester groups is 1. The van der Waals surface area contributed by atoms with E-state index in [4.69, 9.17) is 25.1 Å². The molecular formula is C6H12ClKNaO10P. The Bertz CT molecular complexity index is 381. The quantitative estimate of drug-likeness (QED) is 0.247. The first-order chi connectivity index (χ1) is 7.48. The second kappa shape index (κ2) is 11.9. The van der Waals surface area contributed by atoms with Crippen molar-refractivity contribution in [3.63, 3.8) is 0 Å². The molecule has 0 heterocycles. The topological polar surface area (TPSA) is 179 Å². The van der Waals surface area contributed by atoms with Gasteiger partial charge in [-0.25, -0.2) is 9.36 Å². The summed E-state index contributed by atoms with van der Waals surface area (Å²) < 4.78 is 14.4. The molecule has 20 heavy (non-hydrogen) atoms. The van der Waals surface area contributed by atoms with Crippen molar-refractivity contribution in [2.45, 2.75) is 18.4 Å². The molecule has 0 aliphatic carbocycles. The Morgan fingerprint density at radius 3 is 1.45 bits per heavy atom. The summed E-state index contributed by atoms with van der Waals surface area (Å²) in [5.74, 6) is -5.64. The molecule has 0 rings (SSSR count). The third kappa shape index (κ3) is 12.0. The van der Waals surface area contributed by atoms with Crippen LogP contribution in [0.5, 0.6) is 0 Å². The van der Waals surface area contributed by atoms with Gasteiger partial charge in [0.2, 0.25) is 0 Å². The van der Waals surface area contributed by atoms with Gasteiger partial charge in [-0.05, 0) is 0 Å². The van der Waals surface area contributed by atoms with Crippen LogP contribution in [0.3, 0.4) is 0 Å². The third-order valence-corrected chi connectivity index (χ3v) is 2.14. The second-order valence-corrected chi connectivity index (χ2v) is 4.19. The van der Waals surface area contributed by atoms with Crippen LogP contribution in [0.25, 0.3) is 0 Å². The normalized spacial score (nSPS) is 10.3. The Morgan fingerprint density at radius 1 is 1.00 bits per heavy atom. The van der Waals surface area contributed by atoms with Crippen LogP contribution in [0.4, 0.5) is 0 Å². The van der Waals surface area contributed by atoms with Gasteiger partial charge in [-0.15, -0.1) is 12.4 Å². The fourth-order valence-corrected chi connectivity index (χ4v) is 1.70. The van der Waals surface area contributed by atoms with Crippen molar-refractivity contribution in [3.05, 3.63) is 0 Å². The minimum atomic E-state index is -5.36. The molecule has 0 unspecified atom stereocenters. The monoisotopic (exact) mass is 372 g/mol. The van der Waals surface area contributed by atoms with Gasteiger partial charge in [0, 0.05) is 0 Å². The Hall–Kier alpha value is 1.45. The van der Waals surface area contributed by atoms with Crippen LogP contribution >= 0.6 is 20.2 Å². The molecule has 0 amide bonds. The van der Waals surface area contributed by atoms with Crippen molar-refractivity contribution in [2.24, 2.45) is 0 Å². The Balaban J connectivity index is -0.000000427. The molecular weight excluding hydrogens is 361 g/mol. The van der Waals surface area contributed by atoms with E-state index in [9.17, 15) is 18.9 Å². The van der Waals surface area contributed by atoms with E-state index in [2.05, 4.69) is 4.52 Å². The van der Waals surface area contributed by atoms with Gasteiger partial charge < -0.3 is 25.1 Å². The summed E-state index contributed by atoms with van der Waals surface area (Å²) in [5.41, 5.74) is -3.02. The molecule has 110 valence electrons. The molecule has 0 radical (unpaired) electrons. The summed E-state index contributed by atoms with van der Waals surface area (Å²) in [7, 11) is -5.36. The molecule has 0 aromatic heterocycles. The maximum atomic E-state index is 10.8. The molecule has 5 N–H and O–H groups in total. The van der Waals surface area contributed by atoms with Crippen molar-refractivity contribution >= 4 is 119 Å². The zero-order chi connectivity index (χ0) is 13.9. The Labute approximate surface area is 183 Å². The summed E-state index contributed by atoms with van der Waals surface area (Å²) >= 11 is 0. The SMILES string of the molecule is Cl.O=C(O)CC(CC(=O)O)(OP(=O)(O)O)C(=O)O.[KH].[NaH]. The molecule has 10 nitrogen and oxygen atoms in total. The van der Waals surface area contributed by atoms with E-state index in [1.165, 1.54) is 0 Å². The minimum absolute atomic E-state index is 0. The first-order valence-electron chi connectivity index (χ1n) is 3.92. The fourth-order valence-electron chi connectivity index (χ4n) is 1.03. The first-order valence-corrected chi connectivity index (χ1v) is 5.45. The van der Waals surface area contributed by atoms with Gasteiger partial charge in [0.15, 0.2) is 5.60 Å². The van der Waals surface area contributed by atoms with Crippen LogP contribution in [0, 0.1) is 0 Å². The molecule has 0 atom stereocenters. The standard InChI is InChI=1S/C6H9O10P.ClH.K.Na.2H/c7-3(8)1-6(5(11)12,2-4(9)10)16-17(13,14)15;;;;;/h1-2H2,(H,7,8)(H,9,10)(H,11,12)(H2,13,14,15);1H;;;;. The van der Waals surface area contributed by atoms with Crippen LogP contribution in [0.15, 0.2) is 0 Å². The van der Waals surface area contributed by atoms with E-state index >= 15 is 0 Å². The molecule has 14 heteroatoms. The predicted octanol–water partition coefficient (Wildman–Crippen LogP) is -2.01. The average Bonchev–Trinajstić information content (AvgIpc) is 1.96. The molecule has 0 bridgehead atoms. The van der Waals surface area contributed by atoms with E-state index in [0.29, 0.717) is 0 Å². The fraction of sp³-hybridized carbons (Fsp3) is 0.500. The zero-order valence-electron chi connectivity index (χ0n) is 8.55. The molecule has 0 saturated heterocycles. The van der Waals surface area contributed by atoms with Crippen molar-refractivity contribution in [2.75, 3.05) is 0 Å². The van der Waals surface area contributed by atoms with Gasteiger partial charge in [0.25, 0.3) is 0 Å². The van der Waals surface area contributed by atoms with Crippen molar-refractivity contribution < 1.29 is 48.6 Å². The molecule has 0 spiro atoms. The predicted molar refractivity (Wildman–Crippen MR) is 69.5 cm³/mol. The van der Waals surface area contributed by atoms with E-state index in [1.807, 2.05) is 0 Å². The van der Waals surface area contributed by atoms with Gasteiger partial charge in [0.05, 0.1) is 12.8 Å². The van der Waals surface area contributed by atoms with E-state index < -0.39 is 44.2 Å². The average molecular weight is 373 g/mol. The van der Waals surface area contributed by atoms with Crippen molar-refractivity contribution in [1.82, 2.24) is 0 Å². The maximum absolute atomic E-state index is 10.8. The van der Waals surface area contributed by atoms with Crippen molar-refractivity contribution in [3.8, 4) is 0 Å². The zero-order valence-corrected chi connectivity index (χ0v) is 10.3. The van der Waals surface area contributed by atoms with E-state index in [1.54, 1.807) is 0 Å².